The number of carbonyl (C=O) groups excluding carboxylic acids is 1. The molecule has 0 aliphatic carbocycles. The lowest BCUT2D eigenvalue weighted by molar-refractivity contribution is -0.205. The highest BCUT2D eigenvalue weighted by molar-refractivity contribution is 8.41. The maximum atomic E-state index is 12.0. The summed E-state index contributed by atoms with van der Waals surface area (Å²) in [6.07, 6.45) is -3.51. The van der Waals surface area contributed by atoms with Gasteiger partial charge in [-0.05, 0) is 11.6 Å². The molecule has 7 nitrogen and oxygen atoms in total. The number of aliphatic imine (C=N–C) groups is 1. The Bertz CT molecular complexity index is 693. The standard InChI is InChI=1S/C16H17NO6S2/c18-7-9-11(19)12(20)13(21)15(23-9)25-16-17-14(22)10(24-16)6-8-4-2-1-3-5-8/h1-6,9,11-13,15,18-21H,7H2. The Kier molecular flexibility index (Phi) is 5.95. The first-order valence-corrected chi connectivity index (χ1v) is 9.24. The van der Waals surface area contributed by atoms with Crippen LogP contribution in [0.4, 0.5) is 0 Å². The van der Waals surface area contributed by atoms with Crippen LogP contribution in [0, 0.1) is 0 Å². The zero-order valence-electron chi connectivity index (χ0n) is 12.9. The minimum atomic E-state index is -1.45. The first-order valence-electron chi connectivity index (χ1n) is 7.54. The molecule has 3 rings (SSSR count). The van der Waals surface area contributed by atoms with Crippen molar-refractivity contribution >= 4 is 39.9 Å². The van der Waals surface area contributed by atoms with Crippen molar-refractivity contribution in [2.24, 2.45) is 4.99 Å². The second-order valence-corrected chi connectivity index (χ2v) is 7.90. The van der Waals surface area contributed by atoms with Crippen LogP contribution in [0.25, 0.3) is 6.08 Å². The molecule has 5 atom stereocenters. The molecule has 0 aromatic heterocycles. The molecule has 0 radical (unpaired) electrons. The molecule has 5 unspecified atom stereocenters. The number of ether oxygens (including phenoxy) is 1. The minimum absolute atomic E-state index is 0.372. The van der Waals surface area contributed by atoms with Gasteiger partial charge >= 0.3 is 0 Å². The zero-order valence-corrected chi connectivity index (χ0v) is 14.6. The Morgan fingerprint density at radius 3 is 2.56 bits per heavy atom. The van der Waals surface area contributed by atoms with Crippen LogP contribution in [0.2, 0.25) is 0 Å². The molecule has 1 amide bonds. The summed E-state index contributed by atoms with van der Waals surface area (Å²) < 4.78 is 5.78. The Balaban J connectivity index is 1.68. The summed E-state index contributed by atoms with van der Waals surface area (Å²) >= 11 is 2.12. The molecule has 2 heterocycles. The lowest BCUT2D eigenvalue weighted by atomic mass is 10.0. The van der Waals surface area contributed by atoms with Gasteiger partial charge in [-0.1, -0.05) is 53.9 Å². The van der Waals surface area contributed by atoms with E-state index in [9.17, 15) is 25.2 Å². The summed E-state index contributed by atoms with van der Waals surface area (Å²) in [6, 6.07) is 9.33. The predicted octanol–water partition coefficient (Wildman–Crippen LogP) is 0.190. The van der Waals surface area contributed by atoms with Crippen LogP contribution in [0.3, 0.4) is 0 Å². The van der Waals surface area contributed by atoms with Crippen LogP contribution < -0.4 is 0 Å². The van der Waals surface area contributed by atoms with E-state index in [1.54, 1.807) is 6.08 Å². The average Bonchev–Trinajstić information content (AvgIpc) is 2.95. The molecule has 1 aromatic carbocycles. The van der Waals surface area contributed by atoms with Gasteiger partial charge in [0.05, 0.1) is 11.5 Å². The first kappa shape index (κ1) is 18.6. The molecular weight excluding hydrogens is 366 g/mol. The molecule has 0 bridgehead atoms. The summed E-state index contributed by atoms with van der Waals surface area (Å²) in [5.41, 5.74) is -0.0849. The molecule has 25 heavy (non-hydrogen) atoms. The summed E-state index contributed by atoms with van der Waals surface area (Å²) in [5.74, 6) is -0.388. The fourth-order valence-corrected chi connectivity index (χ4v) is 4.63. The highest BCUT2D eigenvalue weighted by atomic mass is 32.2. The Morgan fingerprint density at radius 2 is 1.88 bits per heavy atom. The van der Waals surface area contributed by atoms with Gasteiger partial charge in [-0.2, -0.15) is 4.99 Å². The van der Waals surface area contributed by atoms with Crippen molar-refractivity contribution < 1.29 is 30.0 Å². The van der Waals surface area contributed by atoms with Gasteiger partial charge in [-0.25, -0.2) is 0 Å². The van der Waals surface area contributed by atoms with E-state index in [0.29, 0.717) is 9.28 Å². The third-order valence-corrected chi connectivity index (χ3v) is 6.00. The van der Waals surface area contributed by atoms with Crippen LogP contribution in [-0.2, 0) is 9.53 Å². The molecule has 9 heteroatoms. The summed E-state index contributed by atoms with van der Waals surface area (Å²) in [7, 11) is 0. The maximum absolute atomic E-state index is 12.0. The van der Waals surface area contributed by atoms with Crippen molar-refractivity contribution in [3.8, 4) is 0 Å². The Morgan fingerprint density at radius 1 is 1.16 bits per heavy atom. The molecule has 0 spiro atoms. The number of carbonyl (C=O) groups is 1. The summed E-state index contributed by atoms with van der Waals surface area (Å²) in [6.45, 7) is -0.500. The fraction of sp³-hybridized carbons (Fsp3) is 0.375. The van der Waals surface area contributed by atoms with E-state index < -0.39 is 36.5 Å². The molecule has 134 valence electrons. The van der Waals surface area contributed by atoms with E-state index in [4.69, 9.17) is 4.74 Å². The van der Waals surface area contributed by atoms with E-state index in [1.165, 1.54) is 0 Å². The minimum Gasteiger partial charge on any atom is -0.394 e. The van der Waals surface area contributed by atoms with Crippen LogP contribution in [0.5, 0.6) is 0 Å². The van der Waals surface area contributed by atoms with E-state index in [2.05, 4.69) is 4.99 Å². The van der Waals surface area contributed by atoms with E-state index in [-0.39, 0.29) is 5.91 Å². The SMILES string of the molecule is O=C1N=C(SC2OC(CO)C(O)C(O)C2O)SC1=Cc1ccccc1. The monoisotopic (exact) mass is 383 g/mol. The van der Waals surface area contributed by atoms with E-state index >= 15 is 0 Å². The highest BCUT2D eigenvalue weighted by Crippen LogP contribution is 2.38. The van der Waals surface area contributed by atoms with Gasteiger partial charge in [0.2, 0.25) is 0 Å². The predicted molar refractivity (Wildman–Crippen MR) is 95.8 cm³/mol. The van der Waals surface area contributed by atoms with Gasteiger partial charge in [0.1, 0.15) is 34.2 Å². The number of rotatable bonds is 3. The first-order chi connectivity index (χ1) is 12.0. The molecule has 0 saturated carbocycles. The number of thioether (sulfide) groups is 2. The average molecular weight is 383 g/mol. The van der Waals surface area contributed by atoms with Crippen molar-refractivity contribution in [3.05, 3.63) is 40.8 Å². The summed E-state index contributed by atoms with van der Waals surface area (Å²) in [5, 5.41) is 38.8. The van der Waals surface area contributed by atoms with Gasteiger partial charge in [-0.3, -0.25) is 4.79 Å². The number of benzene rings is 1. The molecular formula is C16H17NO6S2. The quantitative estimate of drug-likeness (QED) is 0.546. The number of nitrogens with zero attached hydrogens (tertiary/aromatic N) is 1. The highest BCUT2D eigenvalue weighted by Gasteiger charge is 2.44. The summed E-state index contributed by atoms with van der Waals surface area (Å²) in [4.78, 5) is 16.4. The van der Waals surface area contributed by atoms with Crippen molar-refractivity contribution in [1.29, 1.82) is 0 Å². The van der Waals surface area contributed by atoms with Crippen molar-refractivity contribution in [3.63, 3.8) is 0 Å². The van der Waals surface area contributed by atoms with E-state index in [1.807, 2.05) is 30.3 Å². The third kappa shape index (κ3) is 4.14. The van der Waals surface area contributed by atoms with Crippen molar-refractivity contribution in [2.45, 2.75) is 29.9 Å². The third-order valence-electron chi connectivity index (χ3n) is 3.76. The fourth-order valence-electron chi connectivity index (χ4n) is 2.40. The second-order valence-electron chi connectivity index (χ2n) is 5.52. The normalized spacial score (nSPS) is 34.4. The van der Waals surface area contributed by atoms with Gasteiger partial charge < -0.3 is 25.2 Å². The lowest BCUT2D eigenvalue weighted by Gasteiger charge is -2.39. The zero-order chi connectivity index (χ0) is 18.0. The maximum Gasteiger partial charge on any atom is 0.285 e. The van der Waals surface area contributed by atoms with E-state index in [0.717, 1.165) is 29.1 Å². The van der Waals surface area contributed by atoms with Gasteiger partial charge in [-0.15, -0.1) is 0 Å². The Hall–Kier alpha value is -1.20. The largest absolute Gasteiger partial charge is 0.394 e. The molecule has 2 aliphatic rings. The van der Waals surface area contributed by atoms with Gasteiger partial charge in [0.25, 0.3) is 5.91 Å². The molecule has 2 aliphatic heterocycles. The van der Waals surface area contributed by atoms with Crippen LogP contribution >= 0.6 is 23.5 Å². The number of hydrogen-bond donors (Lipinski definition) is 4. The smallest absolute Gasteiger partial charge is 0.285 e. The molecule has 1 fully saturated rings. The van der Waals surface area contributed by atoms with Crippen LogP contribution in [0.15, 0.2) is 40.2 Å². The molecule has 1 aromatic rings. The number of amides is 1. The molecule has 4 N–H and O–H groups in total. The number of aliphatic hydroxyl groups excluding tert-OH is 4. The van der Waals surface area contributed by atoms with Crippen molar-refractivity contribution in [1.82, 2.24) is 0 Å². The number of aliphatic hydroxyl groups is 4. The number of hydrogen-bond acceptors (Lipinski definition) is 8. The van der Waals surface area contributed by atoms with Gasteiger partial charge in [0, 0.05) is 0 Å². The molecule has 1 saturated heterocycles. The second kappa shape index (κ2) is 8.00. The lowest BCUT2D eigenvalue weighted by Crippen LogP contribution is -2.57. The van der Waals surface area contributed by atoms with Gasteiger partial charge in [0.15, 0.2) is 0 Å². The van der Waals surface area contributed by atoms with Crippen LogP contribution in [0.1, 0.15) is 5.56 Å². The van der Waals surface area contributed by atoms with Crippen LogP contribution in [-0.4, -0.2) is 67.2 Å². The van der Waals surface area contributed by atoms with Crippen molar-refractivity contribution in [2.75, 3.05) is 6.61 Å². The Labute approximate surface area is 152 Å². The topological polar surface area (TPSA) is 120 Å².